The van der Waals surface area contributed by atoms with Crippen LogP contribution in [0.3, 0.4) is 0 Å². The number of imide groups is 1. The van der Waals surface area contributed by atoms with E-state index >= 15 is 0 Å². The number of carbonyl (C=O) groups is 2. The average Bonchev–Trinajstić information content (AvgIpc) is 2.84. The number of hydrogen-bond donors (Lipinski definition) is 1. The van der Waals surface area contributed by atoms with E-state index in [4.69, 9.17) is 9.84 Å². The Balaban J connectivity index is 1.70. The van der Waals surface area contributed by atoms with Crippen LogP contribution in [-0.2, 0) is 14.3 Å². The third-order valence-corrected chi connectivity index (χ3v) is 3.71. The number of likely N-dealkylation sites (tertiary alicyclic amines) is 2. The largest absolute Gasteiger partial charge is 0.394 e. The van der Waals surface area contributed by atoms with Gasteiger partial charge in [-0.25, -0.2) is 0 Å². The Labute approximate surface area is 113 Å². The predicted octanol–water partition coefficient (Wildman–Crippen LogP) is -0.391. The van der Waals surface area contributed by atoms with Crippen molar-refractivity contribution in [2.24, 2.45) is 0 Å². The Morgan fingerprint density at radius 3 is 2.63 bits per heavy atom. The van der Waals surface area contributed by atoms with Crippen LogP contribution in [0.25, 0.3) is 0 Å². The fraction of sp³-hybridized carbons (Fsp3) is 0.846. The lowest BCUT2D eigenvalue weighted by Crippen LogP contribution is -2.45. The highest BCUT2D eigenvalue weighted by molar-refractivity contribution is 5.97. The fourth-order valence-electron chi connectivity index (χ4n) is 2.64. The Morgan fingerprint density at radius 1 is 1.32 bits per heavy atom. The van der Waals surface area contributed by atoms with Crippen LogP contribution >= 0.6 is 0 Å². The number of carbonyl (C=O) groups excluding carboxylic acids is 2. The number of ether oxygens (including phenoxy) is 1. The maximum absolute atomic E-state index is 12.0. The van der Waals surface area contributed by atoms with Gasteiger partial charge in [-0.3, -0.25) is 19.4 Å². The fourth-order valence-corrected chi connectivity index (χ4v) is 2.64. The minimum absolute atomic E-state index is 0.0360. The molecular weight excluding hydrogens is 248 g/mol. The van der Waals surface area contributed by atoms with Crippen molar-refractivity contribution in [2.75, 3.05) is 39.4 Å². The molecule has 2 aliphatic rings. The second-order valence-electron chi connectivity index (χ2n) is 5.11. The summed E-state index contributed by atoms with van der Waals surface area (Å²) in [6.45, 7) is 2.96. The van der Waals surface area contributed by atoms with Gasteiger partial charge in [-0.1, -0.05) is 0 Å². The molecule has 0 aromatic carbocycles. The highest BCUT2D eigenvalue weighted by Gasteiger charge is 2.28. The first kappa shape index (κ1) is 14.4. The summed E-state index contributed by atoms with van der Waals surface area (Å²) in [5.74, 6) is -0.108. The molecule has 0 bridgehead atoms. The Kier molecular flexibility index (Phi) is 5.30. The number of amides is 2. The summed E-state index contributed by atoms with van der Waals surface area (Å²) in [6.07, 6.45) is 3.24. The van der Waals surface area contributed by atoms with Gasteiger partial charge < -0.3 is 9.84 Å². The minimum atomic E-state index is -0.0720. The van der Waals surface area contributed by atoms with Crippen molar-refractivity contribution in [3.63, 3.8) is 0 Å². The topological polar surface area (TPSA) is 70.1 Å². The molecule has 0 spiro atoms. The molecule has 0 unspecified atom stereocenters. The molecule has 2 amide bonds. The lowest BCUT2D eigenvalue weighted by atomic mass is 10.1. The van der Waals surface area contributed by atoms with Crippen LogP contribution in [0.5, 0.6) is 0 Å². The van der Waals surface area contributed by atoms with Gasteiger partial charge in [0.25, 0.3) is 0 Å². The normalized spacial score (nSPS) is 22.2. The second-order valence-corrected chi connectivity index (χ2v) is 5.11. The molecule has 2 saturated heterocycles. The third kappa shape index (κ3) is 3.99. The summed E-state index contributed by atoms with van der Waals surface area (Å²) in [6, 6.07) is 0. The van der Waals surface area contributed by atoms with Crippen LogP contribution in [0, 0.1) is 0 Å². The van der Waals surface area contributed by atoms with Gasteiger partial charge in [0.2, 0.25) is 11.8 Å². The summed E-state index contributed by atoms with van der Waals surface area (Å²) >= 11 is 0. The van der Waals surface area contributed by atoms with E-state index in [2.05, 4.69) is 4.90 Å². The zero-order chi connectivity index (χ0) is 13.7. The Hall–Kier alpha value is -0.980. The van der Waals surface area contributed by atoms with Crippen molar-refractivity contribution in [2.45, 2.75) is 31.8 Å². The summed E-state index contributed by atoms with van der Waals surface area (Å²) < 4.78 is 5.48. The Morgan fingerprint density at radius 2 is 2.05 bits per heavy atom. The van der Waals surface area contributed by atoms with Gasteiger partial charge in [0.1, 0.15) is 0 Å². The molecule has 108 valence electrons. The zero-order valence-corrected chi connectivity index (χ0v) is 11.2. The molecule has 6 nitrogen and oxygen atoms in total. The first-order valence-corrected chi connectivity index (χ1v) is 6.98. The number of aliphatic hydroxyl groups is 1. The summed E-state index contributed by atoms with van der Waals surface area (Å²) in [4.78, 5) is 26.9. The quantitative estimate of drug-likeness (QED) is 0.736. The van der Waals surface area contributed by atoms with Crippen molar-refractivity contribution >= 4 is 11.8 Å². The molecule has 2 fully saturated rings. The SMILES string of the molecule is O=C1CCCN1C(=O)CN1CCC(OCCO)CC1. The van der Waals surface area contributed by atoms with Gasteiger partial charge in [0, 0.05) is 26.1 Å². The lowest BCUT2D eigenvalue weighted by Gasteiger charge is -2.32. The summed E-state index contributed by atoms with van der Waals surface area (Å²) in [5.41, 5.74) is 0. The van der Waals surface area contributed by atoms with Gasteiger partial charge in [0.05, 0.1) is 25.9 Å². The van der Waals surface area contributed by atoms with E-state index in [-0.39, 0.29) is 24.5 Å². The molecule has 0 aromatic rings. The number of rotatable bonds is 5. The van der Waals surface area contributed by atoms with Gasteiger partial charge in [-0.05, 0) is 19.3 Å². The van der Waals surface area contributed by atoms with E-state index in [1.54, 1.807) is 0 Å². The summed E-state index contributed by atoms with van der Waals surface area (Å²) in [7, 11) is 0. The lowest BCUT2D eigenvalue weighted by molar-refractivity contribution is -0.143. The molecule has 19 heavy (non-hydrogen) atoms. The van der Waals surface area contributed by atoms with E-state index in [1.807, 2.05) is 0 Å². The second kappa shape index (κ2) is 6.98. The molecule has 1 N–H and O–H groups in total. The van der Waals surface area contributed by atoms with Crippen molar-refractivity contribution in [1.82, 2.24) is 9.80 Å². The zero-order valence-electron chi connectivity index (χ0n) is 11.2. The molecule has 0 saturated carbocycles. The highest BCUT2D eigenvalue weighted by atomic mass is 16.5. The van der Waals surface area contributed by atoms with E-state index < -0.39 is 0 Å². The predicted molar refractivity (Wildman–Crippen MR) is 68.5 cm³/mol. The molecule has 2 heterocycles. The van der Waals surface area contributed by atoms with Crippen LogP contribution in [0.1, 0.15) is 25.7 Å². The van der Waals surface area contributed by atoms with Crippen LogP contribution < -0.4 is 0 Å². The minimum Gasteiger partial charge on any atom is -0.394 e. The standard InChI is InChI=1S/C13H22N2O4/c16-8-9-19-11-3-6-14(7-4-11)10-13(18)15-5-1-2-12(15)17/h11,16H,1-10H2. The van der Waals surface area contributed by atoms with Crippen molar-refractivity contribution in [1.29, 1.82) is 0 Å². The van der Waals surface area contributed by atoms with Crippen molar-refractivity contribution in [3.05, 3.63) is 0 Å². The van der Waals surface area contributed by atoms with Gasteiger partial charge in [-0.2, -0.15) is 0 Å². The first-order valence-electron chi connectivity index (χ1n) is 6.98. The van der Waals surface area contributed by atoms with E-state index in [0.717, 1.165) is 32.4 Å². The molecule has 0 aromatic heterocycles. The van der Waals surface area contributed by atoms with Crippen molar-refractivity contribution < 1.29 is 19.4 Å². The highest BCUT2D eigenvalue weighted by Crippen LogP contribution is 2.15. The molecule has 2 aliphatic heterocycles. The molecule has 0 atom stereocenters. The van der Waals surface area contributed by atoms with Crippen LogP contribution in [0.2, 0.25) is 0 Å². The van der Waals surface area contributed by atoms with Crippen molar-refractivity contribution in [3.8, 4) is 0 Å². The first-order chi connectivity index (χ1) is 9.20. The van der Waals surface area contributed by atoms with E-state index in [9.17, 15) is 9.59 Å². The van der Waals surface area contributed by atoms with Crippen LogP contribution in [0.15, 0.2) is 0 Å². The Bertz CT molecular complexity index is 327. The van der Waals surface area contributed by atoms with Gasteiger partial charge in [0.15, 0.2) is 0 Å². The van der Waals surface area contributed by atoms with Gasteiger partial charge in [-0.15, -0.1) is 0 Å². The molecular formula is C13H22N2O4. The number of piperidine rings is 1. The smallest absolute Gasteiger partial charge is 0.243 e. The van der Waals surface area contributed by atoms with E-state index in [0.29, 0.717) is 26.1 Å². The van der Waals surface area contributed by atoms with Crippen LogP contribution in [-0.4, -0.2) is 72.2 Å². The maximum Gasteiger partial charge on any atom is 0.243 e. The monoisotopic (exact) mass is 270 g/mol. The molecule has 2 rings (SSSR count). The summed E-state index contributed by atoms with van der Waals surface area (Å²) in [5, 5.41) is 8.70. The van der Waals surface area contributed by atoms with Crippen LogP contribution in [0.4, 0.5) is 0 Å². The van der Waals surface area contributed by atoms with E-state index in [1.165, 1.54) is 4.90 Å². The molecule has 0 aliphatic carbocycles. The van der Waals surface area contributed by atoms with Gasteiger partial charge >= 0.3 is 0 Å². The number of nitrogens with zero attached hydrogens (tertiary/aromatic N) is 2. The maximum atomic E-state index is 12.0. The number of aliphatic hydroxyl groups excluding tert-OH is 1. The third-order valence-electron chi connectivity index (χ3n) is 3.71. The molecule has 6 heteroatoms. The average molecular weight is 270 g/mol. The number of hydrogen-bond acceptors (Lipinski definition) is 5. The molecule has 0 radical (unpaired) electrons.